The zero-order chi connectivity index (χ0) is 11.7. The Balaban J connectivity index is 3.59. The van der Waals surface area contributed by atoms with Gasteiger partial charge in [0, 0.05) is 6.42 Å². The molecule has 0 rings (SSSR count). The quantitative estimate of drug-likeness (QED) is 0.394. The van der Waals surface area contributed by atoms with E-state index < -0.39 is 12.0 Å². The molecule has 0 saturated carbocycles. The smallest absolute Gasteiger partial charge is 0.275 e. The predicted octanol–water partition coefficient (Wildman–Crippen LogP) is 3.48. The predicted molar refractivity (Wildman–Crippen MR) is 52.2 cm³/mol. The first kappa shape index (κ1) is 14.0. The van der Waals surface area contributed by atoms with Crippen LogP contribution in [0.25, 0.3) is 0 Å². The number of rotatable bonds is 5. The summed E-state index contributed by atoms with van der Waals surface area (Å²) in [6, 6.07) is 0. The molecule has 0 spiro atoms. The molecular weight excluding hydrogens is 205 g/mol. The monoisotopic (exact) mass is 220 g/mol. The normalized spacial score (nSPS) is 10.7. The second kappa shape index (κ2) is 7.33. The summed E-state index contributed by atoms with van der Waals surface area (Å²) in [7, 11) is 0. The van der Waals surface area contributed by atoms with Crippen LogP contribution in [0.3, 0.4) is 0 Å². The number of hydrogen-bond acceptors (Lipinski definition) is 1. The number of alkyl halides is 3. The van der Waals surface area contributed by atoms with E-state index in [9.17, 15) is 18.0 Å². The minimum Gasteiger partial charge on any atom is -0.275 e. The Morgan fingerprint density at radius 3 is 2.27 bits per heavy atom. The van der Waals surface area contributed by atoms with Crippen LogP contribution in [0.5, 0.6) is 0 Å². The van der Waals surface area contributed by atoms with Gasteiger partial charge in [0.1, 0.15) is 0 Å². The molecule has 1 nitrogen and oxygen atoms in total. The Bertz CT molecular complexity index is 245. The van der Waals surface area contributed by atoms with Crippen LogP contribution in [0.15, 0.2) is 0 Å². The van der Waals surface area contributed by atoms with Gasteiger partial charge in [-0.25, -0.2) is 0 Å². The van der Waals surface area contributed by atoms with Crippen LogP contribution in [0.1, 0.15) is 45.4 Å². The van der Waals surface area contributed by atoms with Crippen LogP contribution in [0, 0.1) is 11.8 Å². The number of ketones is 1. The van der Waals surface area contributed by atoms with Gasteiger partial charge in [0.2, 0.25) is 0 Å². The summed E-state index contributed by atoms with van der Waals surface area (Å²) in [4.78, 5) is 10.3. The molecule has 0 aliphatic rings. The molecule has 0 aromatic heterocycles. The number of carbonyl (C=O) groups excluding carboxylic acids is 1. The first-order chi connectivity index (χ1) is 6.98. The zero-order valence-electron chi connectivity index (χ0n) is 8.78. The van der Waals surface area contributed by atoms with Crippen LogP contribution in [0.4, 0.5) is 13.2 Å². The lowest BCUT2D eigenvalue weighted by molar-refractivity contribution is -0.164. The summed E-state index contributed by atoms with van der Waals surface area (Å²) in [5.41, 5.74) is 0. The molecule has 0 amide bonds. The highest BCUT2D eigenvalue weighted by Gasteiger charge is 2.36. The average Bonchev–Trinajstić information content (AvgIpc) is 2.14. The lowest BCUT2D eigenvalue weighted by Gasteiger charge is -1.96. The molecule has 4 heteroatoms. The van der Waals surface area contributed by atoms with Gasteiger partial charge in [-0.05, 0) is 12.3 Å². The van der Waals surface area contributed by atoms with Crippen molar-refractivity contribution in [2.75, 3.05) is 0 Å². The van der Waals surface area contributed by atoms with Gasteiger partial charge in [0.15, 0.2) is 0 Å². The van der Waals surface area contributed by atoms with Crippen molar-refractivity contribution in [1.29, 1.82) is 0 Å². The van der Waals surface area contributed by atoms with Gasteiger partial charge in [-0.2, -0.15) is 13.2 Å². The fourth-order valence-electron chi connectivity index (χ4n) is 1.03. The number of Topliss-reactive ketones (excluding diaryl/α,β-unsaturated/α-hetero) is 1. The maximum absolute atomic E-state index is 11.7. The van der Waals surface area contributed by atoms with Gasteiger partial charge in [0.25, 0.3) is 0 Å². The van der Waals surface area contributed by atoms with Gasteiger partial charge >= 0.3 is 12.0 Å². The SMILES string of the molecule is CCCCCCCC#CC(=O)C(F)(F)F. The van der Waals surface area contributed by atoms with Crippen LogP contribution >= 0.6 is 0 Å². The molecule has 15 heavy (non-hydrogen) atoms. The minimum atomic E-state index is -4.81. The van der Waals surface area contributed by atoms with Gasteiger partial charge in [0.05, 0.1) is 0 Å². The lowest BCUT2D eigenvalue weighted by atomic mass is 10.1. The van der Waals surface area contributed by atoms with E-state index in [1.165, 1.54) is 0 Å². The van der Waals surface area contributed by atoms with Crippen molar-refractivity contribution in [1.82, 2.24) is 0 Å². The maximum Gasteiger partial charge on any atom is 0.462 e. The summed E-state index contributed by atoms with van der Waals surface area (Å²) in [5.74, 6) is 1.90. The van der Waals surface area contributed by atoms with E-state index in [1.807, 2.05) is 0 Å². The van der Waals surface area contributed by atoms with Gasteiger partial charge in [-0.1, -0.05) is 38.5 Å². The van der Waals surface area contributed by atoms with Crippen molar-refractivity contribution in [3.8, 4) is 11.8 Å². The van der Waals surface area contributed by atoms with E-state index in [2.05, 4.69) is 12.8 Å². The van der Waals surface area contributed by atoms with Crippen LogP contribution < -0.4 is 0 Å². The van der Waals surface area contributed by atoms with E-state index >= 15 is 0 Å². The van der Waals surface area contributed by atoms with Gasteiger partial charge in [-0.15, -0.1) is 0 Å². The van der Waals surface area contributed by atoms with Crippen molar-refractivity contribution in [2.24, 2.45) is 0 Å². The molecule has 0 fully saturated rings. The van der Waals surface area contributed by atoms with Crippen LogP contribution in [-0.2, 0) is 4.79 Å². The molecule has 0 unspecified atom stereocenters. The summed E-state index contributed by atoms with van der Waals surface area (Å²) in [6.07, 6.45) is 0.611. The molecule has 0 aromatic rings. The fraction of sp³-hybridized carbons (Fsp3) is 0.727. The molecule has 86 valence electrons. The Hall–Kier alpha value is -0.980. The maximum atomic E-state index is 11.7. The third-order valence-corrected chi connectivity index (χ3v) is 1.86. The molecule has 0 N–H and O–H groups in total. The molecule has 0 radical (unpaired) electrons. The highest BCUT2D eigenvalue weighted by molar-refractivity contribution is 5.99. The van der Waals surface area contributed by atoms with Crippen molar-refractivity contribution >= 4 is 5.78 Å². The Kier molecular flexibility index (Phi) is 6.85. The zero-order valence-corrected chi connectivity index (χ0v) is 8.78. The minimum absolute atomic E-state index is 0.367. The van der Waals surface area contributed by atoms with Crippen molar-refractivity contribution in [2.45, 2.75) is 51.6 Å². The Morgan fingerprint density at radius 2 is 1.73 bits per heavy atom. The van der Waals surface area contributed by atoms with Crippen LogP contribution in [0.2, 0.25) is 0 Å². The van der Waals surface area contributed by atoms with Crippen molar-refractivity contribution in [3.63, 3.8) is 0 Å². The molecule has 0 atom stereocenters. The third kappa shape index (κ3) is 8.04. The standard InChI is InChI=1S/C11H15F3O/c1-2-3-4-5-6-7-8-9-10(15)11(12,13)14/h2-7H2,1H3. The largest absolute Gasteiger partial charge is 0.462 e. The van der Waals surface area contributed by atoms with Crippen LogP contribution in [-0.4, -0.2) is 12.0 Å². The lowest BCUT2D eigenvalue weighted by Crippen LogP contribution is -2.20. The first-order valence-corrected chi connectivity index (χ1v) is 5.08. The van der Waals surface area contributed by atoms with E-state index in [4.69, 9.17) is 0 Å². The van der Waals surface area contributed by atoms with E-state index in [0.29, 0.717) is 6.42 Å². The van der Waals surface area contributed by atoms with E-state index in [1.54, 1.807) is 5.92 Å². The molecule has 0 heterocycles. The summed E-state index contributed by atoms with van der Waals surface area (Å²) < 4.78 is 35.0. The summed E-state index contributed by atoms with van der Waals surface area (Å²) in [6.45, 7) is 2.09. The van der Waals surface area contributed by atoms with Crippen molar-refractivity contribution < 1.29 is 18.0 Å². The second-order valence-corrected chi connectivity index (χ2v) is 3.29. The number of hydrogen-bond donors (Lipinski definition) is 0. The average molecular weight is 220 g/mol. The topological polar surface area (TPSA) is 17.1 Å². The summed E-state index contributed by atoms with van der Waals surface area (Å²) >= 11 is 0. The molecule has 0 saturated heterocycles. The second-order valence-electron chi connectivity index (χ2n) is 3.29. The van der Waals surface area contributed by atoms with Crippen molar-refractivity contribution in [3.05, 3.63) is 0 Å². The Morgan fingerprint density at radius 1 is 1.13 bits per heavy atom. The molecule has 0 aliphatic carbocycles. The number of carbonyl (C=O) groups is 1. The molecule has 0 aromatic carbocycles. The highest BCUT2D eigenvalue weighted by Crippen LogP contribution is 2.14. The molecule has 0 bridgehead atoms. The highest BCUT2D eigenvalue weighted by atomic mass is 19.4. The summed E-state index contributed by atoms with van der Waals surface area (Å²) in [5, 5.41) is 0. The third-order valence-electron chi connectivity index (χ3n) is 1.86. The molecule has 0 aliphatic heterocycles. The van der Waals surface area contributed by atoms with E-state index in [-0.39, 0.29) is 0 Å². The number of halogens is 3. The number of unbranched alkanes of at least 4 members (excludes halogenated alkanes) is 5. The first-order valence-electron chi connectivity index (χ1n) is 5.08. The Labute approximate surface area is 88.0 Å². The van der Waals surface area contributed by atoms with E-state index in [0.717, 1.165) is 32.1 Å². The fourth-order valence-corrected chi connectivity index (χ4v) is 1.03. The van der Waals surface area contributed by atoms with Gasteiger partial charge in [-0.3, -0.25) is 4.79 Å². The molecular formula is C11H15F3O. The van der Waals surface area contributed by atoms with Gasteiger partial charge < -0.3 is 0 Å².